The predicted molar refractivity (Wildman–Crippen MR) is 85.3 cm³/mol. The van der Waals surface area contributed by atoms with E-state index in [4.69, 9.17) is 9.47 Å². The van der Waals surface area contributed by atoms with Crippen molar-refractivity contribution in [3.05, 3.63) is 53.6 Å². The van der Waals surface area contributed by atoms with Crippen LogP contribution in [0.2, 0.25) is 0 Å². The maximum absolute atomic E-state index is 12.7. The molecule has 5 nitrogen and oxygen atoms in total. The SMILES string of the molecule is O=S(=O)(NC1CCOc2ccccc21)c1ccc2c(c1)CCO2. The highest BCUT2D eigenvalue weighted by Crippen LogP contribution is 2.33. The Morgan fingerprint density at radius 3 is 2.74 bits per heavy atom. The number of nitrogens with one attached hydrogen (secondary N) is 1. The molecule has 1 atom stereocenters. The van der Waals surface area contributed by atoms with Crippen molar-refractivity contribution in [1.82, 2.24) is 4.72 Å². The van der Waals surface area contributed by atoms with Gasteiger partial charge in [-0.25, -0.2) is 13.1 Å². The van der Waals surface area contributed by atoms with E-state index in [1.807, 2.05) is 24.3 Å². The summed E-state index contributed by atoms with van der Waals surface area (Å²) < 4.78 is 39.3. The highest BCUT2D eigenvalue weighted by Gasteiger charge is 2.27. The fourth-order valence-corrected chi connectivity index (χ4v) is 4.35. The van der Waals surface area contributed by atoms with Gasteiger partial charge in [-0.3, -0.25) is 0 Å². The topological polar surface area (TPSA) is 64.6 Å². The minimum Gasteiger partial charge on any atom is -0.493 e. The second kappa shape index (κ2) is 5.54. The Labute approximate surface area is 135 Å². The molecule has 2 aliphatic rings. The highest BCUT2D eigenvalue weighted by molar-refractivity contribution is 7.89. The number of fused-ring (bicyclic) bond motifs is 2. The van der Waals surface area contributed by atoms with E-state index in [1.54, 1.807) is 18.2 Å². The van der Waals surface area contributed by atoms with E-state index in [-0.39, 0.29) is 10.9 Å². The normalized spacial score (nSPS) is 19.4. The zero-order chi connectivity index (χ0) is 15.9. The minimum atomic E-state index is -3.59. The van der Waals surface area contributed by atoms with Crippen LogP contribution in [0.5, 0.6) is 11.5 Å². The van der Waals surface area contributed by atoms with Crippen LogP contribution in [-0.2, 0) is 16.4 Å². The van der Waals surface area contributed by atoms with E-state index in [9.17, 15) is 8.42 Å². The van der Waals surface area contributed by atoms with Crippen molar-refractivity contribution in [3.63, 3.8) is 0 Å². The third-order valence-electron chi connectivity index (χ3n) is 4.23. The van der Waals surface area contributed by atoms with E-state index in [0.717, 1.165) is 29.0 Å². The third kappa shape index (κ3) is 2.68. The van der Waals surface area contributed by atoms with E-state index >= 15 is 0 Å². The van der Waals surface area contributed by atoms with E-state index in [1.165, 1.54) is 0 Å². The lowest BCUT2D eigenvalue weighted by atomic mass is 10.0. The molecule has 0 saturated carbocycles. The Morgan fingerprint density at radius 1 is 1.00 bits per heavy atom. The molecule has 4 rings (SSSR count). The summed E-state index contributed by atoms with van der Waals surface area (Å²) in [6.45, 7) is 1.11. The van der Waals surface area contributed by atoms with E-state index in [0.29, 0.717) is 19.6 Å². The Hall–Kier alpha value is -2.05. The second-order valence-electron chi connectivity index (χ2n) is 5.72. The van der Waals surface area contributed by atoms with Crippen molar-refractivity contribution < 1.29 is 17.9 Å². The first-order valence-electron chi connectivity index (χ1n) is 7.63. The van der Waals surface area contributed by atoms with Crippen LogP contribution in [0.1, 0.15) is 23.6 Å². The molecule has 6 heteroatoms. The molecule has 120 valence electrons. The third-order valence-corrected chi connectivity index (χ3v) is 5.70. The lowest BCUT2D eigenvalue weighted by Gasteiger charge is -2.26. The Bertz CT molecular complexity index is 847. The van der Waals surface area contributed by atoms with Crippen LogP contribution in [0.25, 0.3) is 0 Å². The van der Waals surface area contributed by atoms with Crippen molar-refractivity contribution in [2.24, 2.45) is 0 Å². The van der Waals surface area contributed by atoms with Crippen LogP contribution in [0.15, 0.2) is 47.4 Å². The molecule has 0 radical (unpaired) electrons. The first-order valence-corrected chi connectivity index (χ1v) is 9.11. The number of hydrogen-bond donors (Lipinski definition) is 1. The van der Waals surface area contributed by atoms with Crippen LogP contribution in [-0.4, -0.2) is 21.6 Å². The lowest BCUT2D eigenvalue weighted by molar-refractivity contribution is 0.263. The van der Waals surface area contributed by atoms with E-state index < -0.39 is 10.0 Å². The Balaban J connectivity index is 1.63. The van der Waals surface area contributed by atoms with Crippen molar-refractivity contribution in [2.45, 2.75) is 23.8 Å². The van der Waals surface area contributed by atoms with Gasteiger partial charge in [-0.1, -0.05) is 18.2 Å². The van der Waals surface area contributed by atoms with Crippen molar-refractivity contribution in [2.75, 3.05) is 13.2 Å². The average molecular weight is 331 g/mol. The molecule has 0 bridgehead atoms. The Morgan fingerprint density at radius 2 is 1.83 bits per heavy atom. The van der Waals surface area contributed by atoms with Crippen molar-refractivity contribution >= 4 is 10.0 Å². The van der Waals surface area contributed by atoms with Crippen molar-refractivity contribution in [3.8, 4) is 11.5 Å². The molecule has 0 aromatic heterocycles. The van der Waals surface area contributed by atoms with Gasteiger partial charge in [0, 0.05) is 18.4 Å². The molecule has 0 amide bonds. The van der Waals surface area contributed by atoms with Crippen LogP contribution in [0.3, 0.4) is 0 Å². The zero-order valence-electron chi connectivity index (χ0n) is 12.5. The van der Waals surface area contributed by atoms with Gasteiger partial charge in [0.05, 0.1) is 24.2 Å². The van der Waals surface area contributed by atoms with Gasteiger partial charge in [0.2, 0.25) is 10.0 Å². The predicted octanol–water partition coefficient (Wildman–Crippen LogP) is 2.42. The summed E-state index contributed by atoms with van der Waals surface area (Å²) in [6, 6.07) is 12.3. The standard InChI is InChI=1S/C17H17NO4S/c19-23(20,13-5-6-16-12(11-13)7-9-21-16)18-15-8-10-22-17-4-2-1-3-14(15)17/h1-6,11,15,18H,7-10H2. The molecule has 1 unspecified atom stereocenters. The summed E-state index contributed by atoms with van der Waals surface area (Å²) in [4.78, 5) is 0.283. The maximum Gasteiger partial charge on any atom is 0.241 e. The van der Waals surface area contributed by atoms with Gasteiger partial charge in [0.1, 0.15) is 11.5 Å². The monoisotopic (exact) mass is 331 g/mol. The summed E-state index contributed by atoms with van der Waals surface area (Å²) in [5.41, 5.74) is 1.83. The van der Waals surface area contributed by atoms with Crippen molar-refractivity contribution in [1.29, 1.82) is 0 Å². The fraction of sp³-hybridized carbons (Fsp3) is 0.294. The zero-order valence-corrected chi connectivity index (χ0v) is 13.3. The number of benzene rings is 2. The molecule has 1 N–H and O–H groups in total. The molecule has 2 heterocycles. The quantitative estimate of drug-likeness (QED) is 0.938. The summed E-state index contributed by atoms with van der Waals surface area (Å²) in [6.07, 6.45) is 1.36. The highest BCUT2D eigenvalue weighted by atomic mass is 32.2. The fourth-order valence-electron chi connectivity index (χ4n) is 3.05. The summed E-state index contributed by atoms with van der Waals surface area (Å²) in [5.74, 6) is 1.52. The van der Waals surface area contributed by atoms with Gasteiger partial charge >= 0.3 is 0 Å². The Kier molecular flexibility index (Phi) is 3.50. The number of hydrogen-bond acceptors (Lipinski definition) is 4. The second-order valence-corrected chi connectivity index (χ2v) is 7.43. The molecule has 0 saturated heterocycles. The molecule has 0 fully saturated rings. The largest absolute Gasteiger partial charge is 0.493 e. The molecule has 0 aliphatic carbocycles. The van der Waals surface area contributed by atoms with Gasteiger partial charge in [0.15, 0.2) is 0 Å². The number of para-hydroxylation sites is 1. The molecule has 2 aromatic rings. The number of sulfonamides is 1. The van der Waals surface area contributed by atoms with Gasteiger partial charge in [-0.05, 0) is 29.8 Å². The van der Waals surface area contributed by atoms with Gasteiger partial charge in [-0.2, -0.15) is 0 Å². The van der Waals surface area contributed by atoms with Crippen LogP contribution < -0.4 is 14.2 Å². The van der Waals surface area contributed by atoms with Gasteiger partial charge in [-0.15, -0.1) is 0 Å². The summed E-state index contributed by atoms with van der Waals surface area (Å²) >= 11 is 0. The van der Waals surface area contributed by atoms with Crippen LogP contribution in [0, 0.1) is 0 Å². The average Bonchev–Trinajstić information content (AvgIpc) is 3.02. The first kappa shape index (κ1) is 14.5. The molecular weight excluding hydrogens is 314 g/mol. The maximum atomic E-state index is 12.7. The van der Waals surface area contributed by atoms with Gasteiger partial charge in [0.25, 0.3) is 0 Å². The molecule has 0 spiro atoms. The lowest BCUT2D eigenvalue weighted by Crippen LogP contribution is -2.32. The molecular formula is C17H17NO4S. The van der Waals surface area contributed by atoms with Crippen LogP contribution in [0.4, 0.5) is 0 Å². The number of ether oxygens (including phenoxy) is 2. The first-order chi connectivity index (χ1) is 11.1. The smallest absolute Gasteiger partial charge is 0.241 e. The molecule has 2 aliphatic heterocycles. The minimum absolute atomic E-state index is 0.269. The summed E-state index contributed by atoms with van der Waals surface area (Å²) in [7, 11) is -3.59. The van der Waals surface area contributed by atoms with Gasteiger partial charge < -0.3 is 9.47 Å². The van der Waals surface area contributed by atoms with Crippen LogP contribution >= 0.6 is 0 Å². The molecule has 2 aromatic carbocycles. The van der Waals surface area contributed by atoms with E-state index in [2.05, 4.69) is 4.72 Å². The summed E-state index contributed by atoms with van der Waals surface area (Å²) in [5, 5.41) is 0. The number of rotatable bonds is 3. The molecule has 23 heavy (non-hydrogen) atoms.